The lowest BCUT2D eigenvalue weighted by Crippen LogP contribution is -2.24. The van der Waals surface area contributed by atoms with Gasteiger partial charge in [0.1, 0.15) is 0 Å². The molecule has 0 fully saturated rings. The van der Waals surface area contributed by atoms with E-state index in [1.807, 2.05) is 11.5 Å². The summed E-state index contributed by atoms with van der Waals surface area (Å²) >= 11 is 1.24. The molecular weight excluding hydrogens is 486 g/mol. The van der Waals surface area contributed by atoms with Gasteiger partial charge in [-0.2, -0.15) is 0 Å². The number of rotatable bonds is 10. The van der Waals surface area contributed by atoms with Crippen LogP contribution in [0, 0.1) is 0 Å². The molecule has 0 unspecified atom stereocenters. The summed E-state index contributed by atoms with van der Waals surface area (Å²) in [6.45, 7) is 4.85. The molecule has 1 aromatic heterocycles. The highest BCUT2D eigenvalue weighted by Gasteiger charge is 2.18. The third-order valence-corrected chi connectivity index (χ3v) is 6.13. The van der Waals surface area contributed by atoms with Gasteiger partial charge in [-0.05, 0) is 56.3 Å². The zero-order chi connectivity index (χ0) is 25.5. The average molecular weight is 512 g/mol. The minimum atomic E-state index is -0.410. The summed E-state index contributed by atoms with van der Waals surface area (Å²) in [5.41, 5.74) is 1.43. The molecule has 2 aromatic carbocycles. The second-order valence-electron chi connectivity index (χ2n) is 7.53. The Labute approximate surface area is 211 Å². The zero-order valence-corrected chi connectivity index (χ0v) is 20.6. The van der Waals surface area contributed by atoms with Crippen molar-refractivity contribution in [3.63, 3.8) is 0 Å². The molecule has 0 aliphatic carbocycles. The maximum Gasteiger partial charge on any atom is 0.338 e. The first-order valence-electron chi connectivity index (χ1n) is 11.3. The van der Waals surface area contributed by atoms with Crippen molar-refractivity contribution >= 4 is 35.2 Å². The van der Waals surface area contributed by atoms with Crippen LogP contribution in [0.2, 0.25) is 0 Å². The third-order valence-electron chi connectivity index (χ3n) is 5.16. The van der Waals surface area contributed by atoms with Crippen LogP contribution in [0.15, 0.2) is 47.6 Å². The minimum absolute atomic E-state index is 0.112. The molecule has 36 heavy (non-hydrogen) atoms. The van der Waals surface area contributed by atoms with E-state index >= 15 is 0 Å². The van der Waals surface area contributed by atoms with E-state index in [2.05, 4.69) is 20.8 Å². The van der Waals surface area contributed by atoms with Gasteiger partial charge < -0.3 is 29.4 Å². The van der Waals surface area contributed by atoms with Gasteiger partial charge in [0.2, 0.25) is 12.7 Å². The highest BCUT2D eigenvalue weighted by molar-refractivity contribution is 7.99. The van der Waals surface area contributed by atoms with Crippen LogP contribution in [0.1, 0.15) is 40.4 Å². The van der Waals surface area contributed by atoms with Crippen LogP contribution >= 0.6 is 11.8 Å². The van der Waals surface area contributed by atoms with Gasteiger partial charge in [0, 0.05) is 17.8 Å². The molecule has 2 amide bonds. The molecule has 0 bridgehead atoms. The van der Waals surface area contributed by atoms with Crippen LogP contribution in [0.5, 0.6) is 11.5 Å². The van der Waals surface area contributed by atoms with E-state index in [1.54, 1.807) is 49.4 Å². The first-order chi connectivity index (χ1) is 17.5. The lowest BCUT2D eigenvalue weighted by Gasteiger charge is -2.09. The maximum absolute atomic E-state index is 12.6. The fourth-order valence-electron chi connectivity index (χ4n) is 3.40. The van der Waals surface area contributed by atoms with Gasteiger partial charge in [-0.1, -0.05) is 11.8 Å². The molecule has 0 saturated carbocycles. The number of benzene rings is 2. The minimum Gasteiger partial charge on any atom is -0.462 e. The number of anilines is 1. The molecule has 4 rings (SSSR count). The Bertz CT molecular complexity index is 1260. The first-order valence-corrected chi connectivity index (χ1v) is 12.3. The van der Waals surface area contributed by atoms with E-state index in [4.69, 9.17) is 14.2 Å². The molecule has 12 heteroatoms. The molecule has 1 aliphatic rings. The van der Waals surface area contributed by atoms with Crippen LogP contribution in [0.3, 0.4) is 0 Å². The fraction of sp³-hybridized carbons (Fsp3) is 0.292. The molecule has 3 aromatic rings. The summed E-state index contributed by atoms with van der Waals surface area (Å²) in [7, 11) is 0. The first kappa shape index (κ1) is 25.0. The second-order valence-corrected chi connectivity index (χ2v) is 8.47. The smallest absolute Gasteiger partial charge is 0.338 e. The number of aromatic nitrogens is 3. The summed E-state index contributed by atoms with van der Waals surface area (Å²) in [4.78, 5) is 36.7. The van der Waals surface area contributed by atoms with E-state index in [9.17, 15) is 14.4 Å². The monoisotopic (exact) mass is 511 g/mol. The van der Waals surface area contributed by atoms with Gasteiger partial charge in [-0.15, -0.1) is 10.2 Å². The molecule has 0 saturated heterocycles. The van der Waals surface area contributed by atoms with Crippen LogP contribution in [-0.2, 0) is 22.6 Å². The Morgan fingerprint density at radius 2 is 1.78 bits per heavy atom. The van der Waals surface area contributed by atoms with Gasteiger partial charge in [-0.3, -0.25) is 9.59 Å². The number of hydrogen-bond donors (Lipinski definition) is 2. The Hall–Kier alpha value is -4.06. The SMILES string of the molecule is CCOC(=O)c1ccc(NC(=O)CSc2nnc(CNC(=O)c3ccc4c(c3)OCO4)n2CC)cc1. The number of ether oxygens (including phenoxy) is 3. The summed E-state index contributed by atoms with van der Waals surface area (Å²) in [6, 6.07) is 11.5. The standard InChI is InChI=1S/C24H25N5O6S/c1-3-29-20(12-25-22(31)16-7-10-18-19(11-16)35-14-34-18)27-28-24(29)36-13-21(30)26-17-8-5-15(6-9-17)23(32)33-4-2/h5-11H,3-4,12-14H2,1-2H3,(H,25,31)(H,26,30). The Kier molecular flexibility index (Phi) is 8.06. The second kappa shape index (κ2) is 11.6. The van der Waals surface area contributed by atoms with Crippen molar-refractivity contribution in [1.29, 1.82) is 0 Å². The quantitative estimate of drug-likeness (QED) is 0.311. The molecule has 11 nitrogen and oxygen atoms in total. The van der Waals surface area contributed by atoms with Crippen LogP contribution < -0.4 is 20.1 Å². The number of carbonyl (C=O) groups excluding carboxylic acids is 3. The highest BCUT2D eigenvalue weighted by atomic mass is 32.2. The number of fused-ring (bicyclic) bond motifs is 1. The van der Waals surface area contributed by atoms with Crippen molar-refractivity contribution in [3.05, 3.63) is 59.4 Å². The topological polar surface area (TPSA) is 134 Å². The average Bonchev–Trinajstić information content (AvgIpc) is 3.52. The fourth-order valence-corrected chi connectivity index (χ4v) is 4.23. The van der Waals surface area contributed by atoms with E-state index in [-0.39, 0.29) is 30.9 Å². The molecule has 0 spiro atoms. The molecule has 188 valence electrons. The Morgan fingerprint density at radius 3 is 2.53 bits per heavy atom. The molecule has 0 atom stereocenters. The van der Waals surface area contributed by atoms with Crippen molar-refractivity contribution in [2.45, 2.75) is 32.1 Å². The van der Waals surface area contributed by atoms with Crippen molar-refractivity contribution < 1.29 is 28.6 Å². The predicted octanol–water partition coefficient (Wildman–Crippen LogP) is 2.86. The lowest BCUT2D eigenvalue weighted by atomic mass is 10.2. The zero-order valence-electron chi connectivity index (χ0n) is 19.8. The highest BCUT2D eigenvalue weighted by Crippen LogP contribution is 2.32. The predicted molar refractivity (Wildman–Crippen MR) is 131 cm³/mol. The van der Waals surface area contributed by atoms with E-state index in [0.717, 1.165) is 0 Å². The summed E-state index contributed by atoms with van der Waals surface area (Å²) < 4.78 is 17.4. The van der Waals surface area contributed by atoms with Gasteiger partial charge >= 0.3 is 5.97 Å². The van der Waals surface area contributed by atoms with Crippen molar-refractivity contribution in [2.75, 3.05) is 24.5 Å². The third kappa shape index (κ3) is 5.95. The van der Waals surface area contributed by atoms with Crippen LogP contribution in [0.25, 0.3) is 0 Å². The summed E-state index contributed by atoms with van der Waals surface area (Å²) in [5, 5.41) is 14.5. The number of esters is 1. The Morgan fingerprint density at radius 1 is 1.03 bits per heavy atom. The molecule has 0 radical (unpaired) electrons. The molecular formula is C24H25N5O6S. The van der Waals surface area contributed by atoms with Crippen molar-refractivity contribution in [2.24, 2.45) is 0 Å². The van der Waals surface area contributed by atoms with Gasteiger partial charge in [-0.25, -0.2) is 4.79 Å². The number of nitrogens with one attached hydrogen (secondary N) is 2. The molecule has 1 aliphatic heterocycles. The van der Waals surface area contributed by atoms with E-state index < -0.39 is 5.97 Å². The lowest BCUT2D eigenvalue weighted by molar-refractivity contribution is -0.113. The number of thioether (sulfide) groups is 1. The Balaban J connectivity index is 1.29. The largest absolute Gasteiger partial charge is 0.462 e. The van der Waals surface area contributed by atoms with Gasteiger partial charge in [0.25, 0.3) is 5.91 Å². The van der Waals surface area contributed by atoms with Crippen molar-refractivity contribution in [1.82, 2.24) is 20.1 Å². The number of nitrogens with zero attached hydrogens (tertiary/aromatic N) is 3. The number of amides is 2. The van der Waals surface area contributed by atoms with E-state index in [1.165, 1.54) is 11.8 Å². The van der Waals surface area contributed by atoms with E-state index in [0.29, 0.717) is 52.4 Å². The summed E-state index contributed by atoms with van der Waals surface area (Å²) in [6.07, 6.45) is 0. The van der Waals surface area contributed by atoms with Gasteiger partial charge in [0.05, 0.1) is 24.5 Å². The molecule has 2 heterocycles. The van der Waals surface area contributed by atoms with Crippen molar-refractivity contribution in [3.8, 4) is 11.5 Å². The normalized spacial score (nSPS) is 11.7. The van der Waals surface area contributed by atoms with Crippen LogP contribution in [0.4, 0.5) is 5.69 Å². The summed E-state index contributed by atoms with van der Waals surface area (Å²) in [5.74, 6) is 0.912. The number of carbonyl (C=O) groups is 3. The molecule has 2 N–H and O–H groups in total. The maximum atomic E-state index is 12.6. The van der Waals surface area contributed by atoms with Crippen LogP contribution in [-0.4, -0.2) is 51.7 Å². The number of hydrogen-bond acceptors (Lipinski definition) is 9. The van der Waals surface area contributed by atoms with Gasteiger partial charge in [0.15, 0.2) is 22.5 Å².